The van der Waals surface area contributed by atoms with E-state index in [-0.39, 0.29) is 0 Å². The lowest BCUT2D eigenvalue weighted by Crippen LogP contribution is -2.27. The maximum absolute atomic E-state index is 11.6. The number of aryl methyl sites for hydroxylation is 1. The van der Waals surface area contributed by atoms with Gasteiger partial charge in [-0.25, -0.2) is 9.78 Å². The van der Waals surface area contributed by atoms with Crippen molar-refractivity contribution in [3.8, 4) is 0 Å². The van der Waals surface area contributed by atoms with Crippen LogP contribution in [0.4, 0.5) is 9.93 Å². The average Bonchev–Trinajstić information content (AvgIpc) is 2.93. The highest BCUT2D eigenvalue weighted by Crippen LogP contribution is 2.18. The van der Waals surface area contributed by atoms with Crippen LogP contribution in [-0.4, -0.2) is 26.5 Å². The molecule has 0 fully saturated rings. The molecule has 2 heterocycles. The van der Waals surface area contributed by atoms with Crippen molar-refractivity contribution in [1.29, 1.82) is 0 Å². The Morgan fingerprint density at radius 3 is 2.71 bits per heavy atom. The van der Waals surface area contributed by atoms with Gasteiger partial charge in [0.25, 0.3) is 0 Å². The summed E-state index contributed by atoms with van der Waals surface area (Å²) in [5.74, 6) is 0. The quantitative estimate of drug-likeness (QED) is 0.943. The van der Waals surface area contributed by atoms with Gasteiger partial charge < -0.3 is 4.74 Å². The van der Waals surface area contributed by atoms with E-state index in [0.717, 1.165) is 11.4 Å². The Morgan fingerprint density at radius 2 is 2.10 bits per heavy atom. The molecule has 0 radical (unpaired) electrons. The van der Waals surface area contributed by atoms with Crippen LogP contribution in [0.1, 0.15) is 32.2 Å². The SMILES string of the molecule is Cn1ccc(/C=C/c2csc(NC(=O)OC(C)(C)C)n2)n1. The molecule has 0 aliphatic heterocycles. The van der Waals surface area contributed by atoms with E-state index in [9.17, 15) is 4.79 Å². The molecule has 0 atom stereocenters. The van der Waals surface area contributed by atoms with Gasteiger partial charge in [-0.3, -0.25) is 10.00 Å². The van der Waals surface area contributed by atoms with Gasteiger partial charge in [-0.1, -0.05) is 0 Å². The number of hydrogen-bond donors (Lipinski definition) is 1. The molecule has 0 bridgehead atoms. The summed E-state index contributed by atoms with van der Waals surface area (Å²) in [6, 6.07) is 1.91. The zero-order valence-electron chi connectivity index (χ0n) is 12.5. The lowest BCUT2D eigenvalue weighted by molar-refractivity contribution is 0.0636. The Kier molecular flexibility index (Phi) is 4.42. The molecule has 2 aromatic rings. The van der Waals surface area contributed by atoms with Crippen molar-refractivity contribution < 1.29 is 9.53 Å². The van der Waals surface area contributed by atoms with Gasteiger partial charge >= 0.3 is 6.09 Å². The summed E-state index contributed by atoms with van der Waals surface area (Å²) in [7, 11) is 1.86. The fourth-order valence-corrected chi connectivity index (χ4v) is 2.17. The Labute approximate surface area is 127 Å². The molecule has 112 valence electrons. The number of ether oxygens (including phenoxy) is 1. The number of rotatable bonds is 3. The van der Waals surface area contributed by atoms with Crippen molar-refractivity contribution in [3.05, 3.63) is 29.0 Å². The number of anilines is 1. The van der Waals surface area contributed by atoms with E-state index >= 15 is 0 Å². The molecule has 7 heteroatoms. The Balaban J connectivity index is 1.95. The fraction of sp³-hybridized carbons (Fsp3) is 0.357. The van der Waals surface area contributed by atoms with E-state index in [4.69, 9.17) is 4.74 Å². The van der Waals surface area contributed by atoms with Gasteiger partial charge in [0.2, 0.25) is 0 Å². The largest absolute Gasteiger partial charge is 0.444 e. The van der Waals surface area contributed by atoms with Crippen molar-refractivity contribution in [1.82, 2.24) is 14.8 Å². The van der Waals surface area contributed by atoms with Crippen molar-refractivity contribution in [3.63, 3.8) is 0 Å². The van der Waals surface area contributed by atoms with E-state index in [1.807, 2.05) is 57.6 Å². The molecular weight excluding hydrogens is 288 g/mol. The van der Waals surface area contributed by atoms with E-state index in [1.165, 1.54) is 11.3 Å². The summed E-state index contributed by atoms with van der Waals surface area (Å²) in [5.41, 5.74) is 1.09. The first kappa shape index (κ1) is 15.2. The summed E-state index contributed by atoms with van der Waals surface area (Å²) < 4.78 is 6.90. The van der Waals surface area contributed by atoms with Gasteiger partial charge in [0.15, 0.2) is 5.13 Å². The van der Waals surface area contributed by atoms with E-state index in [2.05, 4.69) is 15.4 Å². The molecule has 0 spiro atoms. The average molecular weight is 306 g/mol. The number of carbonyl (C=O) groups excluding carboxylic acids is 1. The minimum absolute atomic E-state index is 0.503. The van der Waals surface area contributed by atoms with E-state index < -0.39 is 11.7 Å². The van der Waals surface area contributed by atoms with Gasteiger partial charge in [0.05, 0.1) is 11.4 Å². The minimum Gasteiger partial charge on any atom is -0.444 e. The maximum Gasteiger partial charge on any atom is 0.413 e. The monoisotopic (exact) mass is 306 g/mol. The number of aromatic nitrogens is 3. The molecule has 1 N–H and O–H groups in total. The smallest absolute Gasteiger partial charge is 0.413 e. The van der Waals surface area contributed by atoms with Gasteiger partial charge in [-0.15, -0.1) is 11.3 Å². The number of hydrogen-bond acceptors (Lipinski definition) is 5. The molecule has 2 aromatic heterocycles. The summed E-state index contributed by atoms with van der Waals surface area (Å²) in [5, 5.41) is 9.21. The minimum atomic E-state index is -0.525. The molecule has 0 saturated carbocycles. The molecule has 0 saturated heterocycles. The zero-order valence-corrected chi connectivity index (χ0v) is 13.3. The molecule has 0 aromatic carbocycles. The summed E-state index contributed by atoms with van der Waals surface area (Å²) in [6.07, 6.45) is 5.08. The van der Waals surface area contributed by atoms with Crippen LogP contribution in [0.2, 0.25) is 0 Å². The first-order valence-electron chi connectivity index (χ1n) is 6.45. The number of nitrogens with zero attached hydrogens (tertiary/aromatic N) is 3. The molecular formula is C14H18N4O2S. The standard InChI is InChI=1S/C14H18N4O2S/c1-14(2,3)20-13(19)16-12-15-11(9-21-12)6-5-10-7-8-18(4)17-10/h5-9H,1-4H3,(H,15,16,19)/b6-5+. The molecule has 0 unspecified atom stereocenters. The van der Waals surface area contributed by atoms with Crippen LogP contribution in [0.3, 0.4) is 0 Å². The van der Waals surface area contributed by atoms with Crippen molar-refractivity contribution >= 4 is 34.7 Å². The molecule has 6 nitrogen and oxygen atoms in total. The van der Waals surface area contributed by atoms with Gasteiger partial charge in [-0.2, -0.15) is 5.10 Å². The van der Waals surface area contributed by atoms with Gasteiger partial charge in [0, 0.05) is 18.6 Å². The van der Waals surface area contributed by atoms with Crippen LogP contribution in [-0.2, 0) is 11.8 Å². The summed E-state index contributed by atoms with van der Waals surface area (Å²) in [4.78, 5) is 15.9. The number of nitrogens with one attached hydrogen (secondary N) is 1. The lowest BCUT2D eigenvalue weighted by atomic mass is 10.2. The number of thiazole rings is 1. The predicted molar refractivity (Wildman–Crippen MR) is 84.1 cm³/mol. The molecule has 0 aliphatic rings. The van der Waals surface area contributed by atoms with Crippen molar-refractivity contribution in [2.24, 2.45) is 7.05 Å². The van der Waals surface area contributed by atoms with E-state index in [1.54, 1.807) is 4.68 Å². The van der Waals surface area contributed by atoms with Crippen LogP contribution in [0.15, 0.2) is 17.6 Å². The van der Waals surface area contributed by atoms with Crippen molar-refractivity contribution in [2.45, 2.75) is 26.4 Å². The third-order valence-corrected chi connectivity index (χ3v) is 3.06. The van der Waals surface area contributed by atoms with Gasteiger partial charge in [0.1, 0.15) is 5.60 Å². The Bertz CT molecular complexity index is 652. The third-order valence-electron chi connectivity index (χ3n) is 2.29. The highest BCUT2D eigenvalue weighted by Gasteiger charge is 2.16. The number of amides is 1. The van der Waals surface area contributed by atoms with E-state index in [0.29, 0.717) is 5.13 Å². The first-order chi connectivity index (χ1) is 9.82. The van der Waals surface area contributed by atoms with Crippen molar-refractivity contribution in [2.75, 3.05) is 5.32 Å². The zero-order chi connectivity index (χ0) is 15.5. The van der Waals surface area contributed by atoms with Crippen LogP contribution < -0.4 is 5.32 Å². The van der Waals surface area contributed by atoms with Crippen LogP contribution >= 0.6 is 11.3 Å². The molecule has 21 heavy (non-hydrogen) atoms. The topological polar surface area (TPSA) is 69.0 Å². The highest BCUT2D eigenvalue weighted by molar-refractivity contribution is 7.14. The first-order valence-corrected chi connectivity index (χ1v) is 7.33. The van der Waals surface area contributed by atoms with Crippen LogP contribution in [0.5, 0.6) is 0 Å². The highest BCUT2D eigenvalue weighted by atomic mass is 32.1. The van der Waals surface area contributed by atoms with Gasteiger partial charge in [-0.05, 0) is 39.0 Å². The molecule has 2 rings (SSSR count). The van der Waals surface area contributed by atoms with Crippen LogP contribution in [0.25, 0.3) is 12.2 Å². The second kappa shape index (κ2) is 6.09. The predicted octanol–water partition coefficient (Wildman–Crippen LogP) is 3.39. The summed E-state index contributed by atoms with van der Waals surface area (Å²) in [6.45, 7) is 5.44. The maximum atomic E-state index is 11.6. The number of carbonyl (C=O) groups is 1. The Morgan fingerprint density at radius 1 is 1.38 bits per heavy atom. The second-order valence-corrected chi connectivity index (χ2v) is 6.31. The van der Waals surface area contributed by atoms with Crippen LogP contribution in [0, 0.1) is 0 Å². The second-order valence-electron chi connectivity index (χ2n) is 5.45. The fourth-order valence-electron chi connectivity index (χ4n) is 1.50. The normalized spacial score (nSPS) is 11.8. The molecule has 0 aliphatic carbocycles. The third kappa shape index (κ3) is 5.03. The Hall–Kier alpha value is -2.15. The molecule has 1 amide bonds. The lowest BCUT2D eigenvalue weighted by Gasteiger charge is -2.18. The summed E-state index contributed by atoms with van der Waals surface area (Å²) >= 11 is 1.34.